The van der Waals surface area contributed by atoms with Crippen molar-refractivity contribution in [2.24, 2.45) is 0 Å². The van der Waals surface area contributed by atoms with Crippen molar-refractivity contribution in [3.05, 3.63) is 57.6 Å². The van der Waals surface area contributed by atoms with E-state index >= 15 is 0 Å². The van der Waals surface area contributed by atoms with Gasteiger partial charge in [0.05, 0.1) is 17.2 Å². The van der Waals surface area contributed by atoms with Crippen molar-refractivity contribution in [1.29, 1.82) is 0 Å². The maximum Gasteiger partial charge on any atom is 0.269 e. The van der Waals surface area contributed by atoms with Crippen molar-refractivity contribution >= 4 is 40.2 Å². The molecule has 1 aliphatic rings. The van der Waals surface area contributed by atoms with Gasteiger partial charge in [-0.3, -0.25) is 14.9 Å². The third-order valence-corrected chi connectivity index (χ3v) is 4.99. The summed E-state index contributed by atoms with van der Waals surface area (Å²) in [4.78, 5) is 22.3. The molecule has 2 N–H and O–H groups in total. The van der Waals surface area contributed by atoms with Crippen molar-refractivity contribution < 1.29 is 14.5 Å². The average molecular weight is 399 g/mol. The van der Waals surface area contributed by atoms with Gasteiger partial charge in [-0.15, -0.1) is 0 Å². The van der Waals surface area contributed by atoms with Gasteiger partial charge in [0.15, 0.2) is 10.9 Å². The highest BCUT2D eigenvalue weighted by molar-refractivity contribution is 7.80. The molecule has 28 heavy (non-hydrogen) atoms. The number of ketones is 1. The molecule has 2 aromatic carbocycles. The molecule has 8 heteroatoms. The van der Waals surface area contributed by atoms with E-state index in [1.807, 2.05) is 6.07 Å². The van der Waals surface area contributed by atoms with E-state index in [1.54, 1.807) is 18.2 Å². The number of nitrogens with one attached hydrogen (secondary N) is 2. The highest BCUT2D eigenvalue weighted by atomic mass is 32.1. The second-order valence-electron chi connectivity index (χ2n) is 7.32. The lowest BCUT2D eigenvalue weighted by Gasteiger charge is -2.34. The predicted molar refractivity (Wildman–Crippen MR) is 113 cm³/mol. The first-order valence-corrected chi connectivity index (χ1v) is 9.23. The van der Waals surface area contributed by atoms with Crippen LogP contribution in [0.3, 0.4) is 0 Å². The van der Waals surface area contributed by atoms with Crippen LogP contribution in [-0.2, 0) is 5.41 Å². The first kappa shape index (κ1) is 19.8. The molecule has 0 saturated carbocycles. The van der Waals surface area contributed by atoms with Gasteiger partial charge in [-0.2, -0.15) is 0 Å². The number of benzene rings is 2. The Hall–Kier alpha value is -3.00. The number of carbonyl (C=O) groups is 1. The quantitative estimate of drug-likeness (QED) is 0.334. The molecule has 146 valence electrons. The zero-order valence-corrected chi connectivity index (χ0v) is 16.7. The molecule has 1 heterocycles. The minimum atomic E-state index is -0.459. The summed E-state index contributed by atoms with van der Waals surface area (Å²) in [5, 5.41) is 17.1. The minimum Gasteiger partial charge on any atom is -0.491 e. The van der Waals surface area contributed by atoms with E-state index in [9.17, 15) is 14.9 Å². The monoisotopic (exact) mass is 399 g/mol. The molecule has 2 aromatic rings. The van der Waals surface area contributed by atoms with Gasteiger partial charge in [-0.05, 0) is 55.2 Å². The Balaban J connectivity index is 1.86. The summed E-state index contributed by atoms with van der Waals surface area (Å²) in [5.74, 6) is 0.649. The van der Waals surface area contributed by atoms with Gasteiger partial charge in [-0.1, -0.05) is 13.8 Å². The van der Waals surface area contributed by atoms with E-state index in [4.69, 9.17) is 17.0 Å². The molecule has 0 fully saturated rings. The lowest BCUT2D eigenvalue weighted by atomic mass is 9.78. The normalized spacial score (nSPS) is 14.4. The summed E-state index contributed by atoms with van der Waals surface area (Å²) in [6.45, 7) is 6.34. The average Bonchev–Trinajstić information content (AvgIpc) is 2.62. The fourth-order valence-corrected chi connectivity index (χ4v) is 3.31. The number of nitrogens with zero attached hydrogens (tertiary/aromatic N) is 1. The van der Waals surface area contributed by atoms with Gasteiger partial charge in [-0.25, -0.2) is 0 Å². The number of Topliss-reactive ketones (excluding diaryl/α,β-unsaturated/α-hetero) is 1. The van der Waals surface area contributed by atoms with Crippen LogP contribution < -0.4 is 15.4 Å². The maximum atomic E-state index is 12.0. The number of ether oxygens (including phenoxy) is 1. The number of thiocarbonyl (C=S) groups is 1. The van der Waals surface area contributed by atoms with Crippen LogP contribution in [0.2, 0.25) is 0 Å². The topological polar surface area (TPSA) is 93.5 Å². The summed E-state index contributed by atoms with van der Waals surface area (Å²) in [6, 6.07) is 9.56. The van der Waals surface area contributed by atoms with E-state index < -0.39 is 4.92 Å². The molecule has 0 spiro atoms. The fraction of sp³-hybridized carbons (Fsp3) is 0.300. The molecule has 0 atom stereocenters. The molecule has 3 rings (SSSR count). The number of nitro benzene ring substituents is 1. The zero-order chi connectivity index (χ0) is 20.5. The molecule has 0 unspecified atom stereocenters. The summed E-state index contributed by atoms with van der Waals surface area (Å²) < 4.78 is 5.88. The Morgan fingerprint density at radius 2 is 1.89 bits per heavy atom. The fourth-order valence-electron chi connectivity index (χ4n) is 3.08. The van der Waals surface area contributed by atoms with Gasteiger partial charge in [0, 0.05) is 28.9 Å². The number of hydrogen-bond acceptors (Lipinski definition) is 5. The van der Waals surface area contributed by atoms with Crippen LogP contribution in [-0.4, -0.2) is 22.4 Å². The number of rotatable bonds is 4. The first-order valence-electron chi connectivity index (χ1n) is 8.82. The van der Waals surface area contributed by atoms with Crippen LogP contribution in [0.15, 0.2) is 36.4 Å². The maximum absolute atomic E-state index is 12.0. The van der Waals surface area contributed by atoms with Crippen LogP contribution in [0.4, 0.5) is 17.1 Å². The van der Waals surface area contributed by atoms with Crippen LogP contribution in [0.1, 0.15) is 43.1 Å². The van der Waals surface area contributed by atoms with E-state index in [-0.39, 0.29) is 16.9 Å². The first-order chi connectivity index (χ1) is 13.2. The van der Waals surface area contributed by atoms with E-state index in [2.05, 4.69) is 24.5 Å². The van der Waals surface area contributed by atoms with Gasteiger partial charge in [0.2, 0.25) is 0 Å². The van der Waals surface area contributed by atoms with Crippen LogP contribution in [0.5, 0.6) is 5.75 Å². The van der Waals surface area contributed by atoms with Crippen molar-refractivity contribution in [3.63, 3.8) is 0 Å². The highest BCUT2D eigenvalue weighted by Crippen LogP contribution is 2.43. The Kier molecular flexibility index (Phi) is 5.33. The number of anilines is 2. The van der Waals surface area contributed by atoms with Gasteiger partial charge >= 0.3 is 0 Å². The third-order valence-electron chi connectivity index (χ3n) is 4.78. The van der Waals surface area contributed by atoms with E-state index in [1.165, 1.54) is 19.1 Å². The Labute approximate surface area is 168 Å². The van der Waals surface area contributed by atoms with Crippen molar-refractivity contribution in [2.45, 2.75) is 32.6 Å². The molecule has 1 aliphatic heterocycles. The van der Waals surface area contributed by atoms with Gasteiger partial charge in [0.25, 0.3) is 5.69 Å². The second kappa shape index (κ2) is 7.55. The zero-order valence-electron chi connectivity index (χ0n) is 15.9. The van der Waals surface area contributed by atoms with E-state index in [0.717, 1.165) is 12.0 Å². The predicted octanol–water partition coefficient (Wildman–Crippen LogP) is 4.67. The molecular weight excluding hydrogens is 378 g/mol. The SMILES string of the molecule is CC(=O)c1cc(NC(=S)Nc2ccc([N+](=O)[O-])cc2)c2c(c1)C(C)(C)CCO2. The molecule has 0 amide bonds. The second-order valence-corrected chi connectivity index (χ2v) is 7.73. The number of non-ortho nitro benzene ring substituents is 1. The summed E-state index contributed by atoms with van der Waals surface area (Å²) in [6.07, 6.45) is 0.853. The summed E-state index contributed by atoms with van der Waals surface area (Å²) in [7, 11) is 0. The Bertz CT molecular complexity index is 955. The Morgan fingerprint density at radius 1 is 1.21 bits per heavy atom. The molecule has 0 aliphatic carbocycles. The lowest BCUT2D eigenvalue weighted by molar-refractivity contribution is -0.384. The molecular formula is C20H21N3O4S. The van der Waals surface area contributed by atoms with Gasteiger partial charge < -0.3 is 15.4 Å². The number of hydrogen-bond donors (Lipinski definition) is 2. The van der Waals surface area contributed by atoms with Crippen LogP contribution in [0.25, 0.3) is 0 Å². The summed E-state index contributed by atoms with van der Waals surface area (Å²) in [5.41, 5.74) is 2.66. The van der Waals surface area contributed by atoms with Gasteiger partial charge in [0.1, 0.15) is 5.75 Å². The summed E-state index contributed by atoms with van der Waals surface area (Å²) >= 11 is 5.38. The molecule has 0 saturated heterocycles. The lowest BCUT2D eigenvalue weighted by Crippen LogP contribution is -2.28. The largest absolute Gasteiger partial charge is 0.491 e. The third kappa shape index (κ3) is 4.12. The van der Waals surface area contributed by atoms with Crippen LogP contribution in [0, 0.1) is 10.1 Å². The molecule has 0 aromatic heterocycles. The number of fused-ring (bicyclic) bond motifs is 1. The van der Waals surface area contributed by atoms with Crippen molar-refractivity contribution in [2.75, 3.05) is 17.2 Å². The highest BCUT2D eigenvalue weighted by Gasteiger charge is 2.31. The molecule has 7 nitrogen and oxygen atoms in total. The van der Waals surface area contributed by atoms with Crippen LogP contribution >= 0.6 is 12.2 Å². The smallest absolute Gasteiger partial charge is 0.269 e. The molecule has 0 bridgehead atoms. The minimum absolute atomic E-state index is 0.00304. The molecule has 0 radical (unpaired) electrons. The Morgan fingerprint density at radius 3 is 2.50 bits per heavy atom. The van der Waals surface area contributed by atoms with E-state index in [0.29, 0.717) is 34.4 Å². The number of nitro groups is 1. The van der Waals surface area contributed by atoms with Crippen molar-refractivity contribution in [3.8, 4) is 5.75 Å². The number of carbonyl (C=O) groups excluding carboxylic acids is 1. The standard InChI is InChI=1S/C20H21N3O4S/c1-12(24)13-10-16-18(27-9-8-20(16,2)3)17(11-13)22-19(28)21-14-4-6-15(7-5-14)23(25)26/h4-7,10-11H,8-9H2,1-3H3,(H2,21,22,28). The van der Waals surface area contributed by atoms with Crippen molar-refractivity contribution in [1.82, 2.24) is 0 Å².